The van der Waals surface area contributed by atoms with Gasteiger partial charge in [0.15, 0.2) is 0 Å². The van der Waals surface area contributed by atoms with Crippen LogP contribution in [0.1, 0.15) is 70.0 Å². The number of nitrogens with zero attached hydrogens (tertiary/aromatic N) is 1. The van der Waals surface area contributed by atoms with Gasteiger partial charge in [0.25, 0.3) is 0 Å². The van der Waals surface area contributed by atoms with Crippen LogP contribution in [0.15, 0.2) is 10.5 Å². The average molecular weight is 292 g/mol. The van der Waals surface area contributed by atoms with Crippen molar-refractivity contribution < 1.29 is 4.42 Å². The van der Waals surface area contributed by atoms with Gasteiger partial charge in [0.1, 0.15) is 11.5 Å². The van der Waals surface area contributed by atoms with E-state index in [0.29, 0.717) is 6.04 Å². The Balaban J connectivity index is 2.00. The predicted octanol–water partition coefficient (Wildman–Crippen LogP) is 4.24. The molecule has 2 heterocycles. The van der Waals surface area contributed by atoms with Gasteiger partial charge in [-0.3, -0.25) is 4.90 Å². The molecule has 1 aliphatic heterocycles. The van der Waals surface area contributed by atoms with Gasteiger partial charge < -0.3 is 9.73 Å². The molecule has 1 aromatic rings. The summed E-state index contributed by atoms with van der Waals surface area (Å²) in [6.07, 6.45) is 6.74. The monoisotopic (exact) mass is 292 g/mol. The van der Waals surface area contributed by atoms with Gasteiger partial charge in [0.2, 0.25) is 0 Å². The van der Waals surface area contributed by atoms with E-state index < -0.39 is 0 Å². The van der Waals surface area contributed by atoms with Crippen LogP contribution in [0, 0.1) is 6.92 Å². The molecule has 0 aliphatic carbocycles. The Bertz CT molecular complexity index is 425. The van der Waals surface area contributed by atoms with Crippen molar-refractivity contribution in [3.8, 4) is 0 Å². The van der Waals surface area contributed by atoms with Gasteiger partial charge >= 0.3 is 0 Å². The average Bonchev–Trinajstić information content (AvgIpc) is 2.66. The lowest BCUT2D eigenvalue weighted by atomic mass is 10.1. The molecule has 0 radical (unpaired) electrons. The summed E-state index contributed by atoms with van der Waals surface area (Å²) in [5, 5.41) is 3.43. The molecule has 2 rings (SSSR count). The van der Waals surface area contributed by atoms with Crippen molar-refractivity contribution in [2.75, 3.05) is 6.54 Å². The highest BCUT2D eigenvalue weighted by atomic mass is 16.3. The molecule has 1 fully saturated rings. The van der Waals surface area contributed by atoms with Crippen LogP contribution >= 0.6 is 0 Å². The predicted molar refractivity (Wildman–Crippen MR) is 88.4 cm³/mol. The van der Waals surface area contributed by atoms with Crippen molar-refractivity contribution >= 4 is 0 Å². The molecule has 0 saturated carbocycles. The van der Waals surface area contributed by atoms with Crippen molar-refractivity contribution in [2.24, 2.45) is 0 Å². The van der Waals surface area contributed by atoms with E-state index in [1.54, 1.807) is 0 Å². The molecule has 3 nitrogen and oxygen atoms in total. The molecule has 1 saturated heterocycles. The number of furan rings is 1. The SMILES string of the molecule is CCC1CCCCCN1Cc1cc(CNC(C)C)oc1C. The first-order chi connectivity index (χ1) is 10.1. The minimum Gasteiger partial charge on any atom is -0.465 e. The summed E-state index contributed by atoms with van der Waals surface area (Å²) in [4.78, 5) is 2.67. The maximum Gasteiger partial charge on any atom is 0.118 e. The van der Waals surface area contributed by atoms with Gasteiger partial charge in [0, 0.05) is 24.2 Å². The molecule has 0 aromatic carbocycles. The second kappa shape index (κ2) is 8.00. The molecule has 120 valence electrons. The van der Waals surface area contributed by atoms with Crippen LogP contribution < -0.4 is 5.32 Å². The van der Waals surface area contributed by atoms with Crippen molar-refractivity contribution in [1.82, 2.24) is 10.2 Å². The van der Waals surface area contributed by atoms with Crippen LogP contribution in [-0.2, 0) is 13.1 Å². The Kier molecular flexibility index (Phi) is 6.31. The van der Waals surface area contributed by atoms with Crippen molar-refractivity contribution in [3.63, 3.8) is 0 Å². The van der Waals surface area contributed by atoms with Crippen LogP contribution in [0.5, 0.6) is 0 Å². The molecule has 0 bridgehead atoms. The van der Waals surface area contributed by atoms with Crippen LogP contribution in [0.3, 0.4) is 0 Å². The topological polar surface area (TPSA) is 28.4 Å². The fourth-order valence-corrected chi connectivity index (χ4v) is 3.26. The van der Waals surface area contributed by atoms with Crippen LogP contribution in [-0.4, -0.2) is 23.5 Å². The van der Waals surface area contributed by atoms with E-state index in [2.05, 4.69) is 44.0 Å². The van der Waals surface area contributed by atoms with Gasteiger partial charge in [0.05, 0.1) is 6.54 Å². The Labute approximate surface area is 130 Å². The zero-order chi connectivity index (χ0) is 15.2. The minimum atomic E-state index is 0.494. The van der Waals surface area contributed by atoms with E-state index in [-0.39, 0.29) is 0 Å². The second-order valence-electron chi connectivity index (χ2n) is 6.71. The second-order valence-corrected chi connectivity index (χ2v) is 6.71. The summed E-state index contributed by atoms with van der Waals surface area (Å²) in [5.74, 6) is 2.16. The largest absolute Gasteiger partial charge is 0.465 e. The maximum absolute atomic E-state index is 5.92. The summed E-state index contributed by atoms with van der Waals surface area (Å²) in [5.41, 5.74) is 1.37. The molecule has 0 amide bonds. The summed E-state index contributed by atoms with van der Waals surface area (Å²) >= 11 is 0. The first-order valence-electron chi connectivity index (χ1n) is 8.65. The molecular formula is C18H32N2O. The standard InChI is InChI=1S/C18H32N2O/c1-5-17-9-7-6-8-10-20(17)13-16-11-18(21-15(16)4)12-19-14(2)3/h11,14,17,19H,5-10,12-13H2,1-4H3. The van der Waals surface area contributed by atoms with Crippen molar-refractivity contribution in [1.29, 1.82) is 0 Å². The normalized spacial score (nSPS) is 20.9. The molecule has 1 aliphatic rings. The zero-order valence-electron chi connectivity index (χ0n) is 14.2. The highest BCUT2D eigenvalue weighted by Gasteiger charge is 2.21. The number of hydrogen-bond acceptors (Lipinski definition) is 3. The highest BCUT2D eigenvalue weighted by molar-refractivity contribution is 5.21. The van der Waals surface area contributed by atoms with Crippen LogP contribution in [0.2, 0.25) is 0 Å². The number of nitrogens with one attached hydrogen (secondary N) is 1. The molecule has 1 aromatic heterocycles. The summed E-state index contributed by atoms with van der Waals surface area (Å²) in [7, 11) is 0. The van der Waals surface area contributed by atoms with Crippen molar-refractivity contribution in [3.05, 3.63) is 23.2 Å². The number of aryl methyl sites for hydroxylation is 1. The fourth-order valence-electron chi connectivity index (χ4n) is 3.26. The third-order valence-corrected chi connectivity index (χ3v) is 4.60. The lowest BCUT2D eigenvalue weighted by molar-refractivity contribution is 0.185. The zero-order valence-corrected chi connectivity index (χ0v) is 14.2. The summed E-state index contributed by atoms with van der Waals surface area (Å²) < 4.78 is 5.92. The molecule has 1 unspecified atom stereocenters. The van der Waals surface area contributed by atoms with Crippen molar-refractivity contribution in [2.45, 2.75) is 85.0 Å². The molecule has 1 atom stereocenters. The third-order valence-electron chi connectivity index (χ3n) is 4.60. The lowest BCUT2D eigenvalue weighted by Gasteiger charge is -2.28. The molecule has 0 spiro atoms. The Morgan fingerprint density at radius 1 is 1.33 bits per heavy atom. The van der Waals surface area contributed by atoms with Gasteiger partial charge in [-0.15, -0.1) is 0 Å². The smallest absolute Gasteiger partial charge is 0.118 e. The van der Waals surface area contributed by atoms with E-state index in [1.807, 2.05) is 0 Å². The van der Waals surface area contributed by atoms with E-state index in [0.717, 1.165) is 30.7 Å². The Morgan fingerprint density at radius 2 is 2.14 bits per heavy atom. The minimum absolute atomic E-state index is 0.494. The molecular weight excluding hydrogens is 260 g/mol. The van der Waals surface area contributed by atoms with Crippen LogP contribution in [0.4, 0.5) is 0 Å². The van der Waals surface area contributed by atoms with Gasteiger partial charge in [-0.2, -0.15) is 0 Å². The highest BCUT2D eigenvalue weighted by Crippen LogP contribution is 2.24. The number of hydrogen-bond donors (Lipinski definition) is 1. The quantitative estimate of drug-likeness (QED) is 0.850. The van der Waals surface area contributed by atoms with Gasteiger partial charge in [-0.25, -0.2) is 0 Å². The van der Waals surface area contributed by atoms with Gasteiger partial charge in [-0.05, 0) is 38.8 Å². The Morgan fingerprint density at radius 3 is 2.86 bits per heavy atom. The molecule has 1 N–H and O–H groups in total. The first-order valence-corrected chi connectivity index (χ1v) is 8.65. The Hall–Kier alpha value is -0.800. The summed E-state index contributed by atoms with van der Waals surface area (Å²) in [6, 6.07) is 3.50. The number of likely N-dealkylation sites (tertiary alicyclic amines) is 1. The third kappa shape index (κ3) is 4.86. The maximum atomic E-state index is 5.92. The number of rotatable bonds is 6. The van der Waals surface area contributed by atoms with E-state index >= 15 is 0 Å². The van der Waals surface area contributed by atoms with E-state index in [1.165, 1.54) is 44.2 Å². The van der Waals surface area contributed by atoms with Gasteiger partial charge in [-0.1, -0.05) is 33.6 Å². The summed E-state index contributed by atoms with van der Waals surface area (Å²) in [6.45, 7) is 11.9. The van der Waals surface area contributed by atoms with Crippen LogP contribution in [0.25, 0.3) is 0 Å². The molecule has 3 heteroatoms. The van der Waals surface area contributed by atoms with E-state index in [9.17, 15) is 0 Å². The fraction of sp³-hybridized carbons (Fsp3) is 0.778. The molecule has 21 heavy (non-hydrogen) atoms. The lowest BCUT2D eigenvalue weighted by Crippen LogP contribution is -2.33. The van der Waals surface area contributed by atoms with E-state index in [4.69, 9.17) is 4.42 Å². The first kappa shape index (κ1) is 16.6.